The summed E-state index contributed by atoms with van der Waals surface area (Å²) in [6.07, 6.45) is 18.8. The first kappa shape index (κ1) is 18.1. The van der Waals surface area contributed by atoms with E-state index in [4.69, 9.17) is 0 Å². The van der Waals surface area contributed by atoms with Crippen molar-refractivity contribution >= 4 is 0 Å². The van der Waals surface area contributed by atoms with Crippen LogP contribution in [-0.2, 0) is 0 Å². The van der Waals surface area contributed by atoms with E-state index in [9.17, 15) is 0 Å². The van der Waals surface area contributed by atoms with Crippen LogP contribution in [0.1, 0.15) is 78.6 Å². The maximum absolute atomic E-state index is 3.90. The fourth-order valence-corrected chi connectivity index (χ4v) is 3.52. The van der Waals surface area contributed by atoms with Gasteiger partial charge in [0.15, 0.2) is 0 Å². The van der Waals surface area contributed by atoms with E-state index in [1.165, 1.54) is 68.9 Å². The van der Waals surface area contributed by atoms with Crippen LogP contribution < -0.4 is 0 Å². The van der Waals surface area contributed by atoms with E-state index in [0.717, 1.165) is 5.92 Å². The fourth-order valence-electron chi connectivity index (χ4n) is 3.52. The third-order valence-electron chi connectivity index (χ3n) is 4.87. The lowest BCUT2D eigenvalue weighted by molar-refractivity contribution is 0.358. The lowest BCUT2D eigenvalue weighted by Gasteiger charge is -2.21. The Morgan fingerprint density at radius 2 is 1.90 bits per heavy atom. The summed E-state index contributed by atoms with van der Waals surface area (Å²) in [5, 5.41) is 0. The van der Waals surface area contributed by atoms with E-state index < -0.39 is 0 Å². The van der Waals surface area contributed by atoms with Gasteiger partial charge in [-0.15, -0.1) is 5.73 Å². The van der Waals surface area contributed by atoms with Gasteiger partial charge in [-0.2, -0.15) is 0 Å². The molecule has 1 rings (SSSR count). The molecule has 0 aromatic carbocycles. The molecular formula is C21H34. The molecule has 1 atom stereocenters. The van der Waals surface area contributed by atoms with Crippen LogP contribution in [0, 0.1) is 11.8 Å². The van der Waals surface area contributed by atoms with Gasteiger partial charge in [0.05, 0.1) is 0 Å². The van der Waals surface area contributed by atoms with Gasteiger partial charge in [-0.25, -0.2) is 0 Å². The first-order chi connectivity index (χ1) is 10.2. The SMILES string of the molecule is C=C=C(/C=C\C(=C/C)C(CC)CCC)CC1CCCCC1. The third kappa shape index (κ3) is 6.53. The predicted octanol–water partition coefficient (Wildman–Crippen LogP) is 7.00. The molecule has 0 radical (unpaired) electrons. The average Bonchev–Trinajstić information content (AvgIpc) is 2.53. The molecule has 0 heterocycles. The molecule has 0 aromatic heterocycles. The molecule has 118 valence electrons. The van der Waals surface area contributed by atoms with Gasteiger partial charge < -0.3 is 0 Å². The molecule has 0 amide bonds. The Morgan fingerprint density at radius 1 is 1.19 bits per heavy atom. The minimum Gasteiger partial charge on any atom is -0.125 e. The molecule has 0 heteroatoms. The molecular weight excluding hydrogens is 252 g/mol. The molecule has 0 N–H and O–H groups in total. The highest BCUT2D eigenvalue weighted by Crippen LogP contribution is 2.29. The molecule has 0 spiro atoms. The largest absolute Gasteiger partial charge is 0.125 e. The van der Waals surface area contributed by atoms with Gasteiger partial charge in [-0.1, -0.05) is 77.2 Å². The van der Waals surface area contributed by atoms with Crippen molar-refractivity contribution in [1.82, 2.24) is 0 Å². The smallest absolute Gasteiger partial charge is 0.00637 e. The molecule has 0 aliphatic heterocycles. The summed E-state index contributed by atoms with van der Waals surface area (Å²) in [6, 6.07) is 0. The van der Waals surface area contributed by atoms with E-state index in [1.807, 2.05) is 0 Å². The lowest BCUT2D eigenvalue weighted by Crippen LogP contribution is -2.06. The van der Waals surface area contributed by atoms with Crippen LogP contribution >= 0.6 is 0 Å². The van der Waals surface area contributed by atoms with E-state index in [-0.39, 0.29) is 0 Å². The Bertz CT molecular complexity index is 384. The Balaban J connectivity index is 2.63. The van der Waals surface area contributed by atoms with Crippen LogP contribution in [0.5, 0.6) is 0 Å². The standard InChI is InChI=1S/C21H34/c1-5-12-20(7-3)21(8-4)16-15-18(6-2)17-19-13-10-9-11-14-19/h8,15-16,19-20H,2,5,7,9-14,17H2,1,3-4H3/b16-15-,21-8+. The maximum Gasteiger partial charge on any atom is -0.00637 e. The zero-order valence-electron chi connectivity index (χ0n) is 14.5. The quantitative estimate of drug-likeness (QED) is 0.333. The lowest BCUT2D eigenvalue weighted by atomic mass is 9.84. The van der Waals surface area contributed by atoms with Gasteiger partial charge in [-0.05, 0) is 49.2 Å². The fraction of sp³-hybridized carbons (Fsp3) is 0.667. The van der Waals surface area contributed by atoms with Gasteiger partial charge in [0.2, 0.25) is 0 Å². The molecule has 0 saturated heterocycles. The van der Waals surface area contributed by atoms with Gasteiger partial charge in [0.1, 0.15) is 0 Å². The molecule has 1 unspecified atom stereocenters. The topological polar surface area (TPSA) is 0 Å². The first-order valence-electron chi connectivity index (χ1n) is 8.98. The Labute approximate surface area is 132 Å². The highest BCUT2D eigenvalue weighted by atomic mass is 14.2. The summed E-state index contributed by atoms with van der Waals surface area (Å²) in [5.41, 5.74) is 5.95. The van der Waals surface area contributed by atoms with Crippen molar-refractivity contribution in [2.24, 2.45) is 11.8 Å². The van der Waals surface area contributed by atoms with Gasteiger partial charge >= 0.3 is 0 Å². The second-order valence-corrected chi connectivity index (χ2v) is 6.43. The van der Waals surface area contributed by atoms with Crippen molar-refractivity contribution in [2.75, 3.05) is 0 Å². The van der Waals surface area contributed by atoms with E-state index in [2.05, 4.69) is 51.3 Å². The van der Waals surface area contributed by atoms with Crippen LogP contribution in [0.4, 0.5) is 0 Å². The number of hydrogen-bond donors (Lipinski definition) is 0. The summed E-state index contributed by atoms with van der Waals surface area (Å²) in [5.74, 6) is 1.57. The molecule has 21 heavy (non-hydrogen) atoms. The van der Waals surface area contributed by atoms with Crippen LogP contribution in [0.25, 0.3) is 0 Å². The second-order valence-electron chi connectivity index (χ2n) is 6.43. The van der Waals surface area contributed by atoms with Crippen molar-refractivity contribution in [3.63, 3.8) is 0 Å². The van der Waals surface area contributed by atoms with Crippen LogP contribution in [0.2, 0.25) is 0 Å². The van der Waals surface area contributed by atoms with Crippen molar-refractivity contribution in [3.8, 4) is 0 Å². The Morgan fingerprint density at radius 3 is 2.43 bits per heavy atom. The van der Waals surface area contributed by atoms with Crippen molar-refractivity contribution in [3.05, 3.63) is 41.7 Å². The summed E-state index contributed by atoms with van der Waals surface area (Å²) < 4.78 is 0. The molecule has 0 bridgehead atoms. The normalized spacial score (nSPS) is 18.7. The number of hydrogen-bond acceptors (Lipinski definition) is 0. The van der Waals surface area contributed by atoms with Gasteiger partial charge in [-0.3, -0.25) is 0 Å². The predicted molar refractivity (Wildman–Crippen MR) is 95.4 cm³/mol. The zero-order chi connectivity index (χ0) is 15.5. The Kier molecular flexibility index (Phi) is 9.19. The van der Waals surface area contributed by atoms with Crippen LogP contribution in [-0.4, -0.2) is 0 Å². The van der Waals surface area contributed by atoms with Gasteiger partial charge in [0.25, 0.3) is 0 Å². The van der Waals surface area contributed by atoms with Crippen LogP contribution in [0.15, 0.2) is 41.7 Å². The molecule has 1 aliphatic rings. The summed E-state index contributed by atoms with van der Waals surface area (Å²) >= 11 is 0. The number of allylic oxidation sites excluding steroid dienone is 5. The minimum atomic E-state index is 0.706. The highest BCUT2D eigenvalue weighted by Gasteiger charge is 2.14. The van der Waals surface area contributed by atoms with E-state index >= 15 is 0 Å². The van der Waals surface area contributed by atoms with Crippen LogP contribution in [0.3, 0.4) is 0 Å². The summed E-state index contributed by atoms with van der Waals surface area (Å²) in [7, 11) is 0. The van der Waals surface area contributed by atoms with Crippen molar-refractivity contribution < 1.29 is 0 Å². The molecule has 1 fully saturated rings. The summed E-state index contributed by atoms with van der Waals surface area (Å²) in [4.78, 5) is 0. The van der Waals surface area contributed by atoms with Crippen molar-refractivity contribution in [2.45, 2.75) is 78.6 Å². The third-order valence-corrected chi connectivity index (χ3v) is 4.87. The first-order valence-corrected chi connectivity index (χ1v) is 8.98. The molecule has 0 aromatic rings. The number of rotatable bonds is 8. The molecule has 0 nitrogen and oxygen atoms in total. The zero-order valence-corrected chi connectivity index (χ0v) is 14.5. The van der Waals surface area contributed by atoms with E-state index in [0.29, 0.717) is 5.92 Å². The summed E-state index contributed by atoms with van der Waals surface area (Å²) in [6.45, 7) is 10.6. The maximum atomic E-state index is 3.90. The molecule has 1 saturated carbocycles. The molecule has 1 aliphatic carbocycles. The van der Waals surface area contributed by atoms with Crippen molar-refractivity contribution in [1.29, 1.82) is 0 Å². The minimum absolute atomic E-state index is 0.706. The van der Waals surface area contributed by atoms with Gasteiger partial charge in [0, 0.05) is 0 Å². The van der Waals surface area contributed by atoms with E-state index in [1.54, 1.807) is 0 Å². The highest BCUT2D eigenvalue weighted by molar-refractivity contribution is 5.29. The second kappa shape index (κ2) is 10.7. The monoisotopic (exact) mass is 286 g/mol. The average molecular weight is 287 g/mol. The Hall–Kier alpha value is -1.00.